The molecule has 0 aliphatic rings. The van der Waals surface area contributed by atoms with Crippen LogP contribution in [0.2, 0.25) is 5.02 Å². The molecular weight excluding hydrogens is 448 g/mol. The van der Waals surface area contributed by atoms with Crippen LogP contribution >= 0.6 is 23.4 Å². The highest BCUT2D eigenvalue weighted by Gasteiger charge is 2.18. The number of hydrogen-bond donors (Lipinski definition) is 1. The Labute approximate surface area is 186 Å². The zero-order chi connectivity index (χ0) is 22.4. The first kappa shape index (κ1) is 22.4. The molecule has 10 nitrogen and oxygen atoms in total. The van der Waals surface area contributed by atoms with E-state index in [1.165, 1.54) is 25.3 Å². The predicted octanol–water partition coefficient (Wildman–Crippen LogP) is 4.26. The number of thioether (sulfide) groups is 1. The molecule has 1 N–H and O–H groups in total. The molecule has 0 fully saturated rings. The van der Waals surface area contributed by atoms with Crippen molar-refractivity contribution in [2.45, 2.75) is 18.8 Å². The largest absolute Gasteiger partial charge is 0.496 e. The number of aromatic nitrogens is 2. The van der Waals surface area contributed by atoms with Gasteiger partial charge in [0.05, 0.1) is 23.9 Å². The molecule has 0 unspecified atom stereocenters. The fourth-order valence-corrected chi connectivity index (χ4v) is 3.28. The molecule has 0 aliphatic carbocycles. The van der Waals surface area contributed by atoms with E-state index in [4.69, 9.17) is 25.5 Å². The van der Waals surface area contributed by atoms with E-state index in [1.54, 1.807) is 18.2 Å². The van der Waals surface area contributed by atoms with Crippen LogP contribution in [0.25, 0.3) is 0 Å². The molecule has 1 heterocycles. The minimum Gasteiger partial charge on any atom is -0.496 e. The highest BCUT2D eigenvalue weighted by molar-refractivity contribution is 7.99. The number of hydrogen-bond acceptors (Lipinski definition) is 9. The third-order valence-corrected chi connectivity index (χ3v) is 4.99. The second kappa shape index (κ2) is 10.1. The molecule has 3 rings (SSSR count). The van der Waals surface area contributed by atoms with Crippen LogP contribution in [-0.4, -0.2) is 33.9 Å². The maximum absolute atomic E-state index is 12.2. The first-order valence-corrected chi connectivity index (χ1v) is 10.2. The van der Waals surface area contributed by atoms with Gasteiger partial charge in [0, 0.05) is 5.02 Å². The number of amides is 1. The number of methoxy groups -OCH3 is 1. The van der Waals surface area contributed by atoms with Crippen LogP contribution in [-0.2, 0) is 11.4 Å². The summed E-state index contributed by atoms with van der Waals surface area (Å²) in [7, 11) is 1.40. The van der Waals surface area contributed by atoms with Crippen molar-refractivity contribution < 1.29 is 23.6 Å². The first-order chi connectivity index (χ1) is 14.9. The normalized spacial score (nSPS) is 10.5. The summed E-state index contributed by atoms with van der Waals surface area (Å²) in [6.07, 6.45) is 0. The average Bonchev–Trinajstić information content (AvgIpc) is 3.19. The van der Waals surface area contributed by atoms with Crippen molar-refractivity contribution in [1.82, 2.24) is 10.2 Å². The van der Waals surface area contributed by atoms with Gasteiger partial charge in [-0.15, -0.1) is 10.2 Å². The van der Waals surface area contributed by atoms with Crippen LogP contribution in [0.15, 0.2) is 46.0 Å². The lowest BCUT2D eigenvalue weighted by Crippen LogP contribution is -2.15. The molecule has 31 heavy (non-hydrogen) atoms. The SMILES string of the molecule is COc1ccc(NC(=O)CSc2nnc(COc3ccc(Cl)cc3C)o2)c([N+](=O)[O-])c1. The van der Waals surface area contributed by atoms with Crippen LogP contribution in [0, 0.1) is 17.0 Å². The highest BCUT2D eigenvalue weighted by atomic mass is 35.5. The van der Waals surface area contributed by atoms with Gasteiger partial charge in [-0.25, -0.2) is 0 Å². The Hall–Kier alpha value is -3.31. The number of nitrogens with zero attached hydrogens (tertiary/aromatic N) is 3. The van der Waals surface area contributed by atoms with Crippen LogP contribution in [0.4, 0.5) is 11.4 Å². The Morgan fingerprint density at radius 3 is 2.81 bits per heavy atom. The number of benzene rings is 2. The number of halogens is 1. The number of carbonyl (C=O) groups is 1. The van der Waals surface area contributed by atoms with Crippen molar-refractivity contribution in [2.75, 3.05) is 18.2 Å². The molecule has 0 aliphatic heterocycles. The van der Waals surface area contributed by atoms with E-state index >= 15 is 0 Å². The van der Waals surface area contributed by atoms with E-state index in [-0.39, 0.29) is 34.8 Å². The minimum absolute atomic E-state index is 0.0558. The van der Waals surface area contributed by atoms with Crippen molar-refractivity contribution in [3.8, 4) is 11.5 Å². The minimum atomic E-state index is -0.599. The number of nitro benzene ring substituents is 1. The monoisotopic (exact) mass is 464 g/mol. The van der Waals surface area contributed by atoms with Gasteiger partial charge in [-0.2, -0.15) is 0 Å². The molecule has 1 aromatic heterocycles. The summed E-state index contributed by atoms with van der Waals surface area (Å²) < 4.78 is 16.0. The molecule has 12 heteroatoms. The van der Waals surface area contributed by atoms with E-state index in [0.29, 0.717) is 16.5 Å². The summed E-state index contributed by atoms with van der Waals surface area (Å²) >= 11 is 6.91. The zero-order valence-electron chi connectivity index (χ0n) is 16.5. The van der Waals surface area contributed by atoms with Crippen LogP contribution in [0.3, 0.4) is 0 Å². The predicted molar refractivity (Wildman–Crippen MR) is 114 cm³/mol. The van der Waals surface area contributed by atoms with Gasteiger partial charge < -0.3 is 19.2 Å². The standard InChI is InChI=1S/C19H17ClN4O6S/c1-11-7-12(20)3-6-16(11)29-9-18-22-23-19(30-18)31-10-17(25)21-14-5-4-13(28-2)8-15(14)24(26)27/h3-8H,9-10H2,1-2H3,(H,21,25). The van der Waals surface area contributed by atoms with E-state index in [0.717, 1.165) is 17.3 Å². The molecule has 0 spiro atoms. The summed E-state index contributed by atoms with van der Waals surface area (Å²) in [6.45, 7) is 1.92. The second-order valence-corrected chi connectivity index (χ2v) is 7.50. The average molecular weight is 465 g/mol. The van der Waals surface area contributed by atoms with Crippen molar-refractivity contribution in [3.05, 3.63) is 63.0 Å². The molecule has 0 saturated heterocycles. The summed E-state index contributed by atoms with van der Waals surface area (Å²) in [5.74, 6) is 0.641. The van der Waals surface area contributed by atoms with Gasteiger partial charge >= 0.3 is 0 Å². The summed E-state index contributed by atoms with van der Waals surface area (Å²) in [5.41, 5.74) is 0.660. The van der Waals surface area contributed by atoms with Crippen LogP contribution < -0.4 is 14.8 Å². The number of aryl methyl sites for hydroxylation is 1. The van der Waals surface area contributed by atoms with Gasteiger partial charge in [-0.3, -0.25) is 14.9 Å². The number of nitrogens with one attached hydrogen (secondary N) is 1. The lowest BCUT2D eigenvalue weighted by atomic mass is 10.2. The maximum atomic E-state index is 12.2. The second-order valence-electron chi connectivity index (χ2n) is 6.14. The van der Waals surface area contributed by atoms with Gasteiger partial charge in [0.1, 0.15) is 17.2 Å². The van der Waals surface area contributed by atoms with Gasteiger partial charge in [0.15, 0.2) is 6.61 Å². The summed E-state index contributed by atoms with van der Waals surface area (Å²) in [5, 5.41) is 22.2. The van der Waals surface area contributed by atoms with Crippen molar-refractivity contribution in [2.24, 2.45) is 0 Å². The molecule has 0 atom stereocenters. The fraction of sp³-hybridized carbons (Fsp3) is 0.211. The Morgan fingerprint density at radius 1 is 1.29 bits per heavy atom. The number of ether oxygens (including phenoxy) is 2. The van der Waals surface area contributed by atoms with E-state index < -0.39 is 10.8 Å². The lowest BCUT2D eigenvalue weighted by molar-refractivity contribution is -0.384. The molecule has 0 saturated carbocycles. The van der Waals surface area contributed by atoms with E-state index in [2.05, 4.69) is 15.5 Å². The van der Waals surface area contributed by atoms with E-state index in [1.807, 2.05) is 6.92 Å². The molecule has 0 bridgehead atoms. The lowest BCUT2D eigenvalue weighted by Gasteiger charge is -2.07. The van der Waals surface area contributed by atoms with Crippen molar-refractivity contribution in [1.29, 1.82) is 0 Å². The summed E-state index contributed by atoms with van der Waals surface area (Å²) in [4.78, 5) is 22.8. The van der Waals surface area contributed by atoms with Crippen LogP contribution in [0.5, 0.6) is 11.5 Å². The topological polar surface area (TPSA) is 130 Å². The third-order valence-electron chi connectivity index (χ3n) is 3.94. The van der Waals surface area contributed by atoms with Crippen LogP contribution in [0.1, 0.15) is 11.5 Å². The number of anilines is 1. The smallest absolute Gasteiger partial charge is 0.296 e. The van der Waals surface area contributed by atoms with Gasteiger partial charge in [0.25, 0.3) is 16.8 Å². The molecule has 162 valence electrons. The number of nitro groups is 1. The van der Waals surface area contributed by atoms with E-state index in [9.17, 15) is 14.9 Å². The van der Waals surface area contributed by atoms with Gasteiger partial charge in [0.2, 0.25) is 5.91 Å². The summed E-state index contributed by atoms with van der Waals surface area (Å²) in [6, 6.07) is 9.38. The molecule has 2 aromatic carbocycles. The van der Waals surface area contributed by atoms with Crippen molar-refractivity contribution >= 4 is 40.6 Å². The number of rotatable bonds is 9. The van der Waals surface area contributed by atoms with Gasteiger partial charge in [-0.05, 0) is 42.8 Å². The molecule has 0 radical (unpaired) electrons. The highest BCUT2D eigenvalue weighted by Crippen LogP contribution is 2.29. The number of carbonyl (C=O) groups excluding carboxylic acids is 1. The Kier molecular flexibility index (Phi) is 7.32. The fourth-order valence-electron chi connectivity index (χ4n) is 2.48. The quantitative estimate of drug-likeness (QED) is 0.280. The first-order valence-electron chi connectivity index (χ1n) is 8.82. The third kappa shape index (κ3) is 6.09. The maximum Gasteiger partial charge on any atom is 0.296 e. The molecular formula is C19H17ClN4O6S. The van der Waals surface area contributed by atoms with Crippen molar-refractivity contribution in [3.63, 3.8) is 0 Å². The Bertz CT molecular complexity index is 1110. The molecule has 1 amide bonds. The Balaban J connectivity index is 1.53. The van der Waals surface area contributed by atoms with Gasteiger partial charge in [-0.1, -0.05) is 23.4 Å². The zero-order valence-corrected chi connectivity index (χ0v) is 18.0. The molecule has 3 aromatic rings. The Morgan fingerprint density at radius 2 is 2.10 bits per heavy atom.